The van der Waals surface area contributed by atoms with Crippen LogP contribution < -0.4 is 5.32 Å². The topological polar surface area (TPSA) is 67.4 Å². The highest BCUT2D eigenvalue weighted by molar-refractivity contribution is 5.93. The fourth-order valence-electron chi connectivity index (χ4n) is 3.08. The van der Waals surface area contributed by atoms with E-state index in [2.05, 4.69) is 15.3 Å². The molecule has 2 heterocycles. The monoisotopic (exact) mass is 354 g/mol. The zero-order valence-corrected chi connectivity index (χ0v) is 15.4. The second kappa shape index (κ2) is 8.76. The van der Waals surface area contributed by atoms with E-state index >= 15 is 0 Å². The molecule has 6 heteroatoms. The van der Waals surface area contributed by atoms with E-state index < -0.39 is 0 Å². The van der Waals surface area contributed by atoms with Crippen LogP contribution >= 0.6 is 0 Å². The Morgan fingerprint density at radius 3 is 2.81 bits per heavy atom. The fourth-order valence-corrected chi connectivity index (χ4v) is 3.08. The summed E-state index contributed by atoms with van der Waals surface area (Å²) in [5.74, 6) is 1.18. The number of aryl methyl sites for hydroxylation is 1. The molecule has 6 nitrogen and oxygen atoms in total. The molecule has 1 aromatic carbocycles. The van der Waals surface area contributed by atoms with Crippen molar-refractivity contribution < 1.29 is 9.53 Å². The Morgan fingerprint density at radius 1 is 1.31 bits per heavy atom. The van der Waals surface area contributed by atoms with Gasteiger partial charge in [0.15, 0.2) is 0 Å². The predicted molar refractivity (Wildman–Crippen MR) is 101 cm³/mol. The molecular formula is C20H26N4O2. The predicted octanol–water partition coefficient (Wildman–Crippen LogP) is 3.04. The standard InChI is InChI=1S/C20H26N4O2/c1-3-24(14-16-8-5-4-6-9-16)20(25)18-12-19(23-15(2)22-18)21-13-17-10-7-11-26-17/h4-6,8-9,12,17H,3,7,10-11,13-14H2,1-2H3,(H,21,22,23). The SMILES string of the molecule is CCN(Cc1ccccc1)C(=O)c1cc(NCC2CCCO2)nc(C)n1. The van der Waals surface area contributed by atoms with Gasteiger partial charge in [-0.05, 0) is 32.3 Å². The highest BCUT2D eigenvalue weighted by atomic mass is 16.5. The van der Waals surface area contributed by atoms with E-state index in [1.807, 2.05) is 44.2 Å². The molecule has 1 unspecified atom stereocenters. The van der Waals surface area contributed by atoms with Gasteiger partial charge in [-0.1, -0.05) is 30.3 Å². The molecule has 0 radical (unpaired) electrons. The number of carbonyl (C=O) groups excluding carboxylic acids is 1. The average Bonchev–Trinajstić information content (AvgIpc) is 3.18. The summed E-state index contributed by atoms with van der Waals surface area (Å²) in [7, 11) is 0. The zero-order valence-electron chi connectivity index (χ0n) is 15.4. The summed E-state index contributed by atoms with van der Waals surface area (Å²) in [6.45, 7) is 6.50. The lowest BCUT2D eigenvalue weighted by Gasteiger charge is -2.21. The number of rotatable bonds is 7. The summed E-state index contributed by atoms with van der Waals surface area (Å²) in [5, 5.41) is 3.28. The molecule has 0 saturated carbocycles. The van der Waals surface area contributed by atoms with Crippen molar-refractivity contribution in [3.8, 4) is 0 Å². The van der Waals surface area contributed by atoms with Crippen molar-refractivity contribution in [3.05, 3.63) is 53.5 Å². The maximum atomic E-state index is 12.9. The number of ether oxygens (including phenoxy) is 1. The molecule has 1 N–H and O–H groups in total. The first kappa shape index (κ1) is 18.3. The number of amides is 1. The molecule has 1 amide bonds. The lowest BCUT2D eigenvalue weighted by Crippen LogP contribution is -2.31. The van der Waals surface area contributed by atoms with Gasteiger partial charge >= 0.3 is 0 Å². The van der Waals surface area contributed by atoms with E-state index in [1.165, 1.54) is 0 Å². The van der Waals surface area contributed by atoms with Crippen LogP contribution in [-0.4, -0.2) is 46.6 Å². The molecule has 26 heavy (non-hydrogen) atoms. The summed E-state index contributed by atoms with van der Waals surface area (Å²) in [6.07, 6.45) is 2.38. The number of anilines is 1. The van der Waals surface area contributed by atoms with Crippen LogP contribution in [0.2, 0.25) is 0 Å². The Bertz CT molecular complexity index is 730. The third-order valence-corrected chi connectivity index (χ3v) is 4.48. The van der Waals surface area contributed by atoms with Gasteiger partial charge in [0.05, 0.1) is 6.10 Å². The molecule has 1 aromatic heterocycles. The molecule has 1 fully saturated rings. The Morgan fingerprint density at radius 2 is 2.12 bits per heavy atom. The molecular weight excluding hydrogens is 328 g/mol. The minimum Gasteiger partial charge on any atom is -0.376 e. The van der Waals surface area contributed by atoms with Crippen molar-refractivity contribution in [2.24, 2.45) is 0 Å². The third-order valence-electron chi connectivity index (χ3n) is 4.48. The van der Waals surface area contributed by atoms with Crippen molar-refractivity contribution in [2.45, 2.75) is 39.3 Å². The molecule has 0 bridgehead atoms. The maximum absolute atomic E-state index is 12.9. The van der Waals surface area contributed by atoms with E-state index in [9.17, 15) is 4.79 Å². The lowest BCUT2D eigenvalue weighted by molar-refractivity contribution is 0.0746. The Balaban J connectivity index is 1.70. The van der Waals surface area contributed by atoms with Crippen LogP contribution in [0.3, 0.4) is 0 Å². The summed E-state index contributed by atoms with van der Waals surface area (Å²) in [4.78, 5) is 23.5. The zero-order chi connectivity index (χ0) is 18.4. The molecule has 1 aliphatic rings. The number of aromatic nitrogens is 2. The van der Waals surface area contributed by atoms with Crippen LogP contribution in [-0.2, 0) is 11.3 Å². The first-order valence-electron chi connectivity index (χ1n) is 9.20. The largest absolute Gasteiger partial charge is 0.376 e. The van der Waals surface area contributed by atoms with E-state index in [4.69, 9.17) is 4.74 Å². The van der Waals surface area contributed by atoms with E-state index in [0.29, 0.717) is 37.0 Å². The van der Waals surface area contributed by atoms with Crippen LogP contribution in [0.1, 0.15) is 41.6 Å². The molecule has 0 spiro atoms. The first-order chi connectivity index (χ1) is 12.7. The van der Waals surface area contributed by atoms with Crippen LogP contribution in [0.4, 0.5) is 5.82 Å². The number of hydrogen-bond acceptors (Lipinski definition) is 5. The molecule has 3 rings (SSSR count). The van der Waals surface area contributed by atoms with Gasteiger partial charge in [0.1, 0.15) is 17.3 Å². The second-order valence-electron chi connectivity index (χ2n) is 6.51. The smallest absolute Gasteiger partial charge is 0.272 e. The van der Waals surface area contributed by atoms with Crippen molar-refractivity contribution >= 4 is 11.7 Å². The molecule has 1 atom stereocenters. The normalized spacial score (nSPS) is 16.5. The molecule has 2 aromatic rings. The van der Waals surface area contributed by atoms with Crippen molar-refractivity contribution in [1.29, 1.82) is 0 Å². The number of benzene rings is 1. The van der Waals surface area contributed by atoms with Crippen molar-refractivity contribution in [3.63, 3.8) is 0 Å². The number of hydrogen-bond donors (Lipinski definition) is 1. The number of nitrogens with zero attached hydrogens (tertiary/aromatic N) is 3. The fraction of sp³-hybridized carbons (Fsp3) is 0.450. The van der Waals surface area contributed by atoms with Crippen molar-refractivity contribution in [1.82, 2.24) is 14.9 Å². The van der Waals surface area contributed by atoms with Gasteiger partial charge in [-0.15, -0.1) is 0 Å². The second-order valence-corrected chi connectivity index (χ2v) is 6.51. The van der Waals surface area contributed by atoms with Crippen LogP contribution in [0, 0.1) is 6.92 Å². The molecule has 1 saturated heterocycles. The lowest BCUT2D eigenvalue weighted by atomic mass is 10.2. The minimum absolute atomic E-state index is 0.0815. The Labute approximate surface area is 154 Å². The molecule has 0 aliphatic carbocycles. The summed E-state index contributed by atoms with van der Waals surface area (Å²) >= 11 is 0. The quantitative estimate of drug-likeness (QED) is 0.828. The third kappa shape index (κ3) is 4.79. The minimum atomic E-state index is -0.0815. The van der Waals surface area contributed by atoms with E-state index in [0.717, 1.165) is 25.0 Å². The van der Waals surface area contributed by atoms with Gasteiger partial charge < -0.3 is 15.0 Å². The van der Waals surface area contributed by atoms with Gasteiger partial charge in [-0.2, -0.15) is 0 Å². The molecule has 1 aliphatic heterocycles. The highest BCUT2D eigenvalue weighted by Crippen LogP contribution is 2.15. The summed E-state index contributed by atoms with van der Waals surface area (Å²) in [6, 6.07) is 11.7. The summed E-state index contributed by atoms with van der Waals surface area (Å²) in [5.41, 5.74) is 1.52. The molecule has 138 valence electrons. The van der Waals surface area contributed by atoms with Crippen LogP contribution in [0.5, 0.6) is 0 Å². The number of nitrogens with one attached hydrogen (secondary N) is 1. The van der Waals surface area contributed by atoms with Gasteiger partial charge in [-0.25, -0.2) is 9.97 Å². The number of carbonyl (C=O) groups is 1. The van der Waals surface area contributed by atoms with E-state index in [1.54, 1.807) is 11.0 Å². The van der Waals surface area contributed by atoms with Crippen molar-refractivity contribution in [2.75, 3.05) is 25.0 Å². The highest BCUT2D eigenvalue weighted by Gasteiger charge is 2.19. The first-order valence-corrected chi connectivity index (χ1v) is 9.20. The average molecular weight is 354 g/mol. The Hall–Kier alpha value is -2.47. The summed E-state index contributed by atoms with van der Waals surface area (Å²) < 4.78 is 5.62. The van der Waals surface area contributed by atoms with Gasteiger partial charge in [0.2, 0.25) is 0 Å². The maximum Gasteiger partial charge on any atom is 0.272 e. The van der Waals surface area contributed by atoms with Crippen LogP contribution in [0.25, 0.3) is 0 Å². The van der Waals surface area contributed by atoms with E-state index in [-0.39, 0.29) is 12.0 Å². The van der Waals surface area contributed by atoms with Crippen LogP contribution in [0.15, 0.2) is 36.4 Å². The van der Waals surface area contributed by atoms with Gasteiger partial charge in [-0.3, -0.25) is 4.79 Å². The van der Waals surface area contributed by atoms with Gasteiger partial charge in [0.25, 0.3) is 5.91 Å². The Kier molecular flexibility index (Phi) is 6.17. The van der Waals surface area contributed by atoms with Gasteiger partial charge in [0, 0.05) is 32.3 Å².